The Bertz CT molecular complexity index is 1040. The van der Waals surface area contributed by atoms with Gasteiger partial charge in [0, 0.05) is 11.6 Å². The van der Waals surface area contributed by atoms with Crippen LogP contribution in [0.2, 0.25) is 0 Å². The number of rotatable bonds is 4. The Morgan fingerprint density at radius 2 is 1.81 bits per heavy atom. The summed E-state index contributed by atoms with van der Waals surface area (Å²) in [5.41, 5.74) is 0.237. The van der Waals surface area contributed by atoms with Crippen LogP contribution in [0.5, 0.6) is 0 Å². The fraction of sp³-hybridized carbons (Fsp3) is 0.0556. The van der Waals surface area contributed by atoms with Gasteiger partial charge in [0.25, 0.3) is 17.5 Å². The second-order valence-electron chi connectivity index (χ2n) is 5.64. The third-order valence-corrected chi connectivity index (χ3v) is 4.08. The number of nitro benzene ring substituents is 1. The van der Waals surface area contributed by atoms with Gasteiger partial charge >= 0.3 is 0 Å². The zero-order chi connectivity index (χ0) is 18.3. The number of aromatic nitrogens is 1. The Hall–Kier alpha value is -3.81. The summed E-state index contributed by atoms with van der Waals surface area (Å²) in [6, 6.07) is 13.2. The molecule has 0 aliphatic carbocycles. The summed E-state index contributed by atoms with van der Waals surface area (Å²) < 4.78 is 5.61. The van der Waals surface area contributed by atoms with Crippen LogP contribution in [0, 0.1) is 10.1 Å². The van der Waals surface area contributed by atoms with Crippen LogP contribution in [-0.4, -0.2) is 26.6 Å². The number of fused-ring (bicyclic) bond motifs is 1. The summed E-state index contributed by atoms with van der Waals surface area (Å²) in [7, 11) is 0. The second-order valence-corrected chi connectivity index (χ2v) is 5.64. The van der Waals surface area contributed by atoms with Gasteiger partial charge in [-0.15, -0.1) is 0 Å². The van der Waals surface area contributed by atoms with E-state index in [1.807, 2.05) is 30.3 Å². The van der Waals surface area contributed by atoms with Gasteiger partial charge in [0.2, 0.25) is 5.89 Å². The maximum Gasteiger partial charge on any atom is 0.282 e. The highest BCUT2D eigenvalue weighted by atomic mass is 16.6. The zero-order valence-electron chi connectivity index (χ0n) is 13.3. The standard InChI is InChI=1S/C18H11N3O5/c22-17-12-7-4-8-13(21(24)25)16(12)18(23)20(17)10-15-19-9-14(26-15)11-5-2-1-3-6-11/h1-9H,10H2. The van der Waals surface area contributed by atoms with E-state index in [0.29, 0.717) is 5.76 Å². The number of nitro groups is 1. The molecule has 0 radical (unpaired) electrons. The predicted octanol–water partition coefficient (Wildman–Crippen LogP) is 3.05. The highest BCUT2D eigenvalue weighted by Crippen LogP contribution is 2.32. The van der Waals surface area contributed by atoms with E-state index in [1.165, 1.54) is 24.4 Å². The minimum Gasteiger partial charge on any atom is -0.439 e. The topological polar surface area (TPSA) is 107 Å². The van der Waals surface area contributed by atoms with Crippen LogP contribution in [0.25, 0.3) is 11.3 Å². The molecule has 1 aliphatic rings. The summed E-state index contributed by atoms with van der Waals surface area (Å²) in [5, 5.41) is 11.1. The molecule has 0 fully saturated rings. The van der Waals surface area contributed by atoms with Crippen molar-refractivity contribution in [1.29, 1.82) is 0 Å². The van der Waals surface area contributed by atoms with Gasteiger partial charge in [-0.25, -0.2) is 4.98 Å². The molecule has 26 heavy (non-hydrogen) atoms. The first kappa shape index (κ1) is 15.7. The Morgan fingerprint density at radius 3 is 2.54 bits per heavy atom. The van der Waals surface area contributed by atoms with Gasteiger partial charge in [-0.05, 0) is 6.07 Å². The average Bonchev–Trinajstić information content (AvgIpc) is 3.22. The molecule has 0 unspecified atom stereocenters. The third-order valence-electron chi connectivity index (χ3n) is 4.08. The van der Waals surface area contributed by atoms with E-state index in [0.717, 1.165) is 10.5 Å². The fourth-order valence-corrected chi connectivity index (χ4v) is 2.87. The lowest BCUT2D eigenvalue weighted by molar-refractivity contribution is -0.385. The molecule has 3 aromatic rings. The first-order valence-electron chi connectivity index (χ1n) is 7.70. The molecule has 0 spiro atoms. The lowest BCUT2D eigenvalue weighted by atomic mass is 10.1. The van der Waals surface area contributed by atoms with Crippen molar-refractivity contribution in [2.75, 3.05) is 0 Å². The number of hydrogen-bond donors (Lipinski definition) is 0. The van der Waals surface area contributed by atoms with Crippen LogP contribution in [0.15, 0.2) is 59.1 Å². The van der Waals surface area contributed by atoms with E-state index in [4.69, 9.17) is 4.42 Å². The third kappa shape index (κ3) is 2.44. The van der Waals surface area contributed by atoms with Gasteiger partial charge in [0.1, 0.15) is 12.1 Å². The maximum absolute atomic E-state index is 12.5. The van der Waals surface area contributed by atoms with E-state index in [-0.39, 0.29) is 29.2 Å². The van der Waals surface area contributed by atoms with Crippen molar-refractivity contribution in [1.82, 2.24) is 9.88 Å². The van der Waals surface area contributed by atoms with Crippen LogP contribution in [0.4, 0.5) is 5.69 Å². The first-order valence-corrected chi connectivity index (χ1v) is 7.70. The zero-order valence-corrected chi connectivity index (χ0v) is 13.3. The van der Waals surface area contributed by atoms with Crippen molar-refractivity contribution in [2.24, 2.45) is 0 Å². The molecule has 8 heteroatoms. The summed E-state index contributed by atoms with van der Waals surface area (Å²) >= 11 is 0. The number of imide groups is 1. The van der Waals surface area contributed by atoms with Gasteiger partial charge < -0.3 is 4.42 Å². The van der Waals surface area contributed by atoms with Gasteiger partial charge in [-0.3, -0.25) is 24.6 Å². The molecule has 1 aromatic heterocycles. The number of oxazole rings is 1. The first-order chi connectivity index (χ1) is 12.6. The maximum atomic E-state index is 12.5. The smallest absolute Gasteiger partial charge is 0.282 e. The van der Waals surface area contributed by atoms with Crippen molar-refractivity contribution in [3.05, 3.63) is 81.9 Å². The van der Waals surface area contributed by atoms with Crippen molar-refractivity contribution < 1.29 is 18.9 Å². The van der Waals surface area contributed by atoms with Crippen LogP contribution >= 0.6 is 0 Å². The Balaban J connectivity index is 1.63. The highest BCUT2D eigenvalue weighted by molar-refractivity contribution is 6.23. The summed E-state index contributed by atoms with van der Waals surface area (Å²) in [4.78, 5) is 40.5. The lowest BCUT2D eigenvalue weighted by Gasteiger charge is -2.10. The van der Waals surface area contributed by atoms with E-state index in [2.05, 4.69) is 4.98 Å². The molecule has 8 nitrogen and oxygen atoms in total. The van der Waals surface area contributed by atoms with Gasteiger partial charge in [-0.2, -0.15) is 0 Å². The molecule has 2 heterocycles. The quantitative estimate of drug-likeness (QED) is 0.407. The van der Waals surface area contributed by atoms with Crippen LogP contribution in [0.1, 0.15) is 26.6 Å². The van der Waals surface area contributed by atoms with Gasteiger partial charge in [0.15, 0.2) is 5.76 Å². The minimum absolute atomic E-state index is 0.0130. The van der Waals surface area contributed by atoms with Crippen LogP contribution < -0.4 is 0 Å². The van der Waals surface area contributed by atoms with Crippen molar-refractivity contribution in [3.63, 3.8) is 0 Å². The average molecular weight is 349 g/mol. The molecule has 4 rings (SSSR count). The number of amides is 2. The van der Waals surface area contributed by atoms with Gasteiger partial charge in [0.05, 0.1) is 16.7 Å². The summed E-state index contributed by atoms with van der Waals surface area (Å²) in [6.07, 6.45) is 1.51. The van der Waals surface area contributed by atoms with Crippen molar-refractivity contribution in [2.45, 2.75) is 6.54 Å². The number of carbonyl (C=O) groups is 2. The number of nitrogens with zero attached hydrogens (tertiary/aromatic N) is 3. The predicted molar refractivity (Wildman–Crippen MR) is 89.2 cm³/mol. The molecule has 0 atom stereocenters. The number of hydrogen-bond acceptors (Lipinski definition) is 6. The number of benzene rings is 2. The Labute approximate surface area is 146 Å². The van der Waals surface area contributed by atoms with Gasteiger partial charge in [-0.1, -0.05) is 36.4 Å². The molecule has 2 amide bonds. The fourth-order valence-electron chi connectivity index (χ4n) is 2.87. The van der Waals surface area contributed by atoms with Crippen LogP contribution in [-0.2, 0) is 6.54 Å². The SMILES string of the molecule is O=C1c2cccc([N+](=O)[O-])c2C(=O)N1Cc1ncc(-c2ccccc2)o1. The lowest BCUT2D eigenvalue weighted by Crippen LogP contribution is -2.29. The Kier molecular flexibility index (Phi) is 3.58. The monoisotopic (exact) mass is 349 g/mol. The molecule has 128 valence electrons. The molecule has 2 aromatic carbocycles. The van der Waals surface area contributed by atoms with E-state index < -0.39 is 16.7 Å². The molecule has 0 saturated carbocycles. The summed E-state index contributed by atoms with van der Waals surface area (Å²) in [6.45, 7) is -0.198. The largest absolute Gasteiger partial charge is 0.439 e. The van der Waals surface area contributed by atoms with E-state index >= 15 is 0 Å². The van der Waals surface area contributed by atoms with E-state index in [9.17, 15) is 19.7 Å². The summed E-state index contributed by atoms with van der Waals surface area (Å²) in [5.74, 6) is -0.658. The van der Waals surface area contributed by atoms with Crippen molar-refractivity contribution >= 4 is 17.5 Å². The molecule has 0 bridgehead atoms. The highest BCUT2D eigenvalue weighted by Gasteiger charge is 2.41. The minimum atomic E-state index is -0.725. The molecule has 1 aliphatic heterocycles. The van der Waals surface area contributed by atoms with E-state index in [1.54, 1.807) is 0 Å². The molecular weight excluding hydrogens is 338 g/mol. The molecular formula is C18H11N3O5. The van der Waals surface area contributed by atoms with Crippen LogP contribution in [0.3, 0.4) is 0 Å². The normalized spacial score (nSPS) is 13.2. The number of carbonyl (C=O) groups excluding carboxylic acids is 2. The Morgan fingerprint density at radius 1 is 1.04 bits per heavy atom. The van der Waals surface area contributed by atoms with Crippen molar-refractivity contribution in [3.8, 4) is 11.3 Å². The second kappa shape index (κ2) is 5.92. The molecule has 0 N–H and O–H groups in total. The molecule has 0 saturated heterocycles.